The van der Waals surface area contributed by atoms with Crippen LogP contribution in [0.1, 0.15) is 29.2 Å². The number of nitrogens with zero attached hydrogens (tertiary/aromatic N) is 1. The van der Waals surface area contributed by atoms with E-state index in [9.17, 15) is 13.6 Å². The highest BCUT2D eigenvalue weighted by molar-refractivity contribution is 6.44. The normalized spacial score (nSPS) is 14.3. The van der Waals surface area contributed by atoms with Gasteiger partial charge in [-0.1, -0.05) is 6.07 Å². The van der Waals surface area contributed by atoms with E-state index in [4.69, 9.17) is 5.41 Å². The number of likely N-dealkylation sites (N-methyl/N-ethyl adjacent to an activating group) is 1. The molecule has 1 aliphatic heterocycles. The Morgan fingerprint density at radius 3 is 2.52 bits per heavy atom. The topological polar surface area (TPSA) is 44.2 Å². The number of carbonyl (C=O) groups excluding carboxylic acids is 1. The van der Waals surface area contributed by atoms with Crippen LogP contribution in [0.25, 0.3) is 11.1 Å². The molecule has 0 spiro atoms. The number of Topliss-reactive ketones (excluding diaryl/α,β-unsaturated/α-hetero) is 1. The van der Waals surface area contributed by atoms with Gasteiger partial charge in [0.2, 0.25) is 0 Å². The van der Waals surface area contributed by atoms with Crippen LogP contribution in [0, 0.1) is 24.0 Å². The SMILES string of the molecule is CC(=O)C(=N)c1cc(-c2ccc(F)c(F)c2)c2c(c1C)CN(C)CC2. The molecule has 3 nitrogen and oxygen atoms in total. The fourth-order valence-electron chi connectivity index (χ4n) is 3.41. The van der Waals surface area contributed by atoms with Gasteiger partial charge in [-0.2, -0.15) is 0 Å². The Labute approximate surface area is 145 Å². The van der Waals surface area contributed by atoms with Gasteiger partial charge in [0, 0.05) is 25.6 Å². The number of nitrogens with one attached hydrogen (secondary N) is 1. The molecule has 0 fully saturated rings. The summed E-state index contributed by atoms with van der Waals surface area (Å²) >= 11 is 0. The molecule has 2 aromatic rings. The summed E-state index contributed by atoms with van der Waals surface area (Å²) in [6.07, 6.45) is 0.786. The van der Waals surface area contributed by atoms with Gasteiger partial charge in [0.15, 0.2) is 17.4 Å². The van der Waals surface area contributed by atoms with Gasteiger partial charge >= 0.3 is 0 Å². The fraction of sp³-hybridized carbons (Fsp3) is 0.300. The van der Waals surface area contributed by atoms with Gasteiger partial charge in [-0.25, -0.2) is 8.78 Å². The predicted octanol–water partition coefficient (Wildman–Crippen LogP) is 3.88. The zero-order valence-corrected chi connectivity index (χ0v) is 14.5. The Kier molecular flexibility index (Phi) is 4.52. The van der Waals surface area contributed by atoms with Crippen molar-refractivity contribution in [1.82, 2.24) is 4.90 Å². The summed E-state index contributed by atoms with van der Waals surface area (Å²) in [5, 5.41) is 8.13. The van der Waals surface area contributed by atoms with Crippen LogP contribution in [0.15, 0.2) is 24.3 Å². The molecule has 0 amide bonds. The van der Waals surface area contributed by atoms with Crippen molar-refractivity contribution in [2.75, 3.05) is 13.6 Å². The minimum absolute atomic E-state index is 0.0580. The van der Waals surface area contributed by atoms with Gasteiger partial charge in [0.05, 0.1) is 0 Å². The highest BCUT2D eigenvalue weighted by Gasteiger charge is 2.24. The number of fused-ring (bicyclic) bond motifs is 1. The van der Waals surface area contributed by atoms with Crippen LogP contribution < -0.4 is 0 Å². The molecule has 0 bridgehead atoms. The van der Waals surface area contributed by atoms with E-state index in [1.54, 1.807) is 12.1 Å². The molecule has 0 saturated carbocycles. The molecule has 1 N–H and O–H groups in total. The molecule has 1 aliphatic rings. The Hall–Kier alpha value is -2.40. The van der Waals surface area contributed by atoms with Gasteiger partial charge in [-0.3, -0.25) is 10.2 Å². The van der Waals surface area contributed by atoms with Gasteiger partial charge in [0.1, 0.15) is 5.71 Å². The second-order valence-corrected chi connectivity index (χ2v) is 6.60. The molecule has 0 aliphatic carbocycles. The lowest BCUT2D eigenvalue weighted by Crippen LogP contribution is -2.28. The first-order valence-corrected chi connectivity index (χ1v) is 8.18. The number of halogens is 2. The van der Waals surface area contributed by atoms with Crippen LogP contribution >= 0.6 is 0 Å². The number of rotatable bonds is 3. The molecule has 3 rings (SSSR count). The first-order chi connectivity index (χ1) is 11.8. The van der Waals surface area contributed by atoms with Crippen molar-refractivity contribution >= 4 is 11.5 Å². The first-order valence-electron chi connectivity index (χ1n) is 8.18. The summed E-state index contributed by atoms with van der Waals surface area (Å²) in [4.78, 5) is 13.9. The Morgan fingerprint density at radius 2 is 1.88 bits per heavy atom. The summed E-state index contributed by atoms with van der Waals surface area (Å²) in [6.45, 7) is 4.86. The molecular weight excluding hydrogens is 322 g/mol. The van der Waals surface area contributed by atoms with Gasteiger partial charge in [-0.05, 0) is 66.4 Å². The standard InChI is InChI=1S/C20H20F2N2O/c1-11-15(20(23)12(2)25)9-16(13-4-5-18(21)19(22)8-13)14-6-7-24(3)10-17(11)14/h4-5,8-9,23H,6-7,10H2,1-3H3. The van der Waals surface area contributed by atoms with Crippen molar-refractivity contribution in [2.45, 2.75) is 26.8 Å². The number of carbonyl (C=O) groups is 1. The monoisotopic (exact) mass is 342 g/mol. The minimum atomic E-state index is -0.900. The van der Waals surface area contributed by atoms with E-state index in [-0.39, 0.29) is 11.5 Å². The van der Waals surface area contributed by atoms with Gasteiger partial charge < -0.3 is 4.90 Å². The fourth-order valence-corrected chi connectivity index (χ4v) is 3.41. The van der Waals surface area contributed by atoms with Crippen molar-refractivity contribution in [3.63, 3.8) is 0 Å². The predicted molar refractivity (Wildman–Crippen MR) is 94.1 cm³/mol. The molecule has 0 atom stereocenters. The summed E-state index contributed by atoms with van der Waals surface area (Å²) in [6, 6.07) is 5.61. The molecule has 5 heteroatoms. The Balaban J connectivity index is 2.28. The highest BCUT2D eigenvalue weighted by Crippen LogP contribution is 2.35. The quantitative estimate of drug-likeness (QED) is 0.860. The van der Waals surface area contributed by atoms with Gasteiger partial charge in [0.25, 0.3) is 0 Å². The van der Waals surface area contributed by atoms with Crippen LogP contribution in [-0.2, 0) is 17.8 Å². The van der Waals surface area contributed by atoms with Crippen LogP contribution in [0.3, 0.4) is 0 Å². The maximum atomic E-state index is 13.7. The molecule has 1 heterocycles. The van der Waals surface area contributed by atoms with E-state index in [1.807, 2.05) is 14.0 Å². The lowest BCUT2D eigenvalue weighted by molar-refractivity contribution is -0.111. The molecule has 130 valence electrons. The summed E-state index contributed by atoms with van der Waals surface area (Å²) in [5.41, 5.74) is 4.90. The molecule has 0 unspecified atom stereocenters. The van der Waals surface area contributed by atoms with Crippen molar-refractivity contribution in [1.29, 1.82) is 5.41 Å². The third-order valence-corrected chi connectivity index (χ3v) is 4.86. The van der Waals surface area contributed by atoms with Crippen molar-refractivity contribution < 1.29 is 13.6 Å². The van der Waals surface area contributed by atoms with E-state index >= 15 is 0 Å². The average Bonchev–Trinajstić information content (AvgIpc) is 2.57. The number of ketones is 1. The van der Waals surface area contributed by atoms with E-state index in [1.165, 1.54) is 13.0 Å². The molecule has 0 radical (unpaired) electrons. The van der Waals surface area contributed by atoms with Crippen LogP contribution in [-0.4, -0.2) is 30.0 Å². The van der Waals surface area contributed by atoms with E-state index < -0.39 is 11.6 Å². The maximum absolute atomic E-state index is 13.7. The lowest BCUT2D eigenvalue weighted by atomic mass is 9.84. The van der Waals surface area contributed by atoms with Gasteiger partial charge in [-0.15, -0.1) is 0 Å². The second kappa shape index (κ2) is 6.48. The maximum Gasteiger partial charge on any atom is 0.178 e. The molecule has 0 aromatic heterocycles. The zero-order valence-electron chi connectivity index (χ0n) is 14.5. The van der Waals surface area contributed by atoms with E-state index in [0.29, 0.717) is 17.7 Å². The van der Waals surface area contributed by atoms with Crippen molar-refractivity contribution in [2.24, 2.45) is 0 Å². The van der Waals surface area contributed by atoms with Crippen molar-refractivity contribution in [3.8, 4) is 11.1 Å². The summed E-state index contributed by atoms with van der Waals surface area (Å²) < 4.78 is 27.1. The molecule has 25 heavy (non-hydrogen) atoms. The van der Waals surface area contributed by atoms with Crippen LogP contribution in [0.5, 0.6) is 0 Å². The van der Waals surface area contributed by atoms with Crippen molar-refractivity contribution in [3.05, 3.63) is 58.2 Å². The number of hydrogen-bond donors (Lipinski definition) is 1. The van der Waals surface area contributed by atoms with E-state index in [0.717, 1.165) is 41.3 Å². The Bertz CT molecular complexity index is 890. The third-order valence-electron chi connectivity index (χ3n) is 4.86. The largest absolute Gasteiger partial charge is 0.302 e. The average molecular weight is 342 g/mol. The molecular formula is C20H20F2N2O. The lowest BCUT2D eigenvalue weighted by Gasteiger charge is -2.30. The van der Waals surface area contributed by atoms with Crippen LogP contribution in [0.2, 0.25) is 0 Å². The minimum Gasteiger partial charge on any atom is -0.302 e. The van der Waals surface area contributed by atoms with E-state index in [2.05, 4.69) is 4.90 Å². The second-order valence-electron chi connectivity index (χ2n) is 6.60. The Morgan fingerprint density at radius 1 is 1.16 bits per heavy atom. The van der Waals surface area contributed by atoms with Crippen LogP contribution in [0.4, 0.5) is 8.78 Å². The molecule has 2 aromatic carbocycles. The highest BCUT2D eigenvalue weighted by atomic mass is 19.2. The number of hydrogen-bond acceptors (Lipinski definition) is 3. The zero-order chi connectivity index (χ0) is 18.3. The summed E-state index contributed by atoms with van der Waals surface area (Å²) in [5.74, 6) is -2.10. The third kappa shape index (κ3) is 3.12. The smallest absolute Gasteiger partial charge is 0.178 e. The number of benzene rings is 2. The summed E-state index contributed by atoms with van der Waals surface area (Å²) in [7, 11) is 2.02. The molecule has 0 saturated heterocycles. The first kappa shape index (κ1) is 17.4.